The Kier molecular flexibility index (Phi) is 7.40. The molecule has 8 heteroatoms. The van der Waals surface area contributed by atoms with Crippen molar-refractivity contribution in [3.8, 4) is 0 Å². The number of ether oxygens (including phenoxy) is 1. The van der Waals surface area contributed by atoms with Crippen molar-refractivity contribution in [3.63, 3.8) is 0 Å². The summed E-state index contributed by atoms with van der Waals surface area (Å²) in [6.45, 7) is 17.7. The molecule has 1 rings (SSSR count). The van der Waals surface area contributed by atoms with Crippen molar-refractivity contribution >= 4 is 20.3 Å². The first-order chi connectivity index (χ1) is 12.5. The van der Waals surface area contributed by atoms with Crippen LogP contribution in [0.5, 0.6) is 0 Å². The Bertz CT molecular complexity index is 580. The van der Waals surface area contributed by atoms with Crippen LogP contribution in [0, 0.1) is 5.41 Å². The first-order valence-electron chi connectivity index (χ1n) is 9.95. The molecule has 0 spiro atoms. The van der Waals surface area contributed by atoms with Crippen LogP contribution in [0.1, 0.15) is 48.0 Å². The number of likely N-dealkylation sites (tertiary alicyclic amines) is 1. The molecule has 0 aromatic carbocycles. The van der Waals surface area contributed by atoms with Crippen LogP contribution in [0.4, 0.5) is 4.79 Å². The van der Waals surface area contributed by atoms with Gasteiger partial charge in [0.1, 0.15) is 5.54 Å². The first kappa shape index (κ1) is 24.9. The van der Waals surface area contributed by atoms with Crippen molar-refractivity contribution in [3.05, 3.63) is 0 Å². The smallest absolute Gasteiger partial charge is 0.408 e. The molecule has 0 saturated carbocycles. The molecule has 1 fully saturated rings. The number of rotatable bonds is 6. The summed E-state index contributed by atoms with van der Waals surface area (Å²) in [6, 6.07) is 0. The van der Waals surface area contributed by atoms with E-state index in [1.54, 1.807) is 14.1 Å². The van der Waals surface area contributed by atoms with E-state index in [2.05, 4.69) is 33.9 Å². The monoisotopic (exact) mass is 416 g/mol. The zero-order chi connectivity index (χ0) is 22.1. The number of nitrogens with zero attached hydrogens (tertiary/aromatic N) is 2. The van der Waals surface area contributed by atoms with E-state index in [9.17, 15) is 14.7 Å². The zero-order valence-electron chi connectivity index (χ0n) is 19.4. The van der Waals surface area contributed by atoms with Gasteiger partial charge in [0.05, 0.1) is 25.9 Å². The molecule has 0 aromatic rings. The topological polar surface area (TPSA) is 79.3 Å². The number of carbonyl (C=O) groups is 2. The van der Waals surface area contributed by atoms with E-state index in [0.717, 1.165) is 0 Å². The summed E-state index contributed by atoms with van der Waals surface area (Å²) in [5.41, 5.74) is -1.71. The van der Waals surface area contributed by atoms with Gasteiger partial charge >= 0.3 is 6.09 Å². The minimum atomic E-state index is -1.85. The van der Waals surface area contributed by atoms with Crippen LogP contribution in [-0.4, -0.2) is 80.7 Å². The highest BCUT2D eigenvalue weighted by Crippen LogP contribution is 2.45. The molecular formula is C20H40N2O5Si. The Morgan fingerprint density at radius 3 is 2.07 bits per heavy atom. The van der Waals surface area contributed by atoms with Crippen LogP contribution >= 0.6 is 0 Å². The van der Waals surface area contributed by atoms with Crippen molar-refractivity contribution < 1.29 is 23.9 Å². The van der Waals surface area contributed by atoms with Crippen LogP contribution in [0.3, 0.4) is 0 Å². The summed E-state index contributed by atoms with van der Waals surface area (Å²) in [6.07, 6.45) is -1.07. The van der Waals surface area contributed by atoms with E-state index in [1.807, 2.05) is 20.8 Å². The fourth-order valence-corrected chi connectivity index (χ4v) is 4.58. The van der Waals surface area contributed by atoms with Gasteiger partial charge in [-0.05, 0) is 23.5 Å². The molecule has 0 aromatic heterocycles. The van der Waals surface area contributed by atoms with Crippen molar-refractivity contribution in [2.75, 3.05) is 33.9 Å². The first-order valence-corrected chi connectivity index (χ1v) is 12.9. The number of amides is 2. The second kappa shape index (κ2) is 8.32. The molecule has 1 heterocycles. The van der Waals surface area contributed by atoms with Gasteiger partial charge in [-0.15, -0.1) is 0 Å². The molecule has 0 bridgehead atoms. The van der Waals surface area contributed by atoms with E-state index in [4.69, 9.17) is 9.16 Å². The standard InChI is InChI=1S/C20H40N2O5Si/c1-18(2,3)20(16(23)21(7)8)13-15(14-22(20)17(24)25)26-11-12-27-28(9,10)19(4,5)6/h15H,11-14H2,1-10H3,(H,24,25)/t15-,20-/m1/s1. The predicted molar refractivity (Wildman–Crippen MR) is 113 cm³/mol. The molecule has 0 unspecified atom stereocenters. The molecule has 28 heavy (non-hydrogen) atoms. The molecule has 1 aliphatic rings. The Morgan fingerprint density at radius 2 is 1.68 bits per heavy atom. The van der Waals surface area contributed by atoms with Crippen LogP contribution in [-0.2, 0) is 14.0 Å². The largest absolute Gasteiger partial charge is 0.465 e. The van der Waals surface area contributed by atoms with Gasteiger partial charge in [0, 0.05) is 20.5 Å². The average Bonchev–Trinajstić information content (AvgIpc) is 2.90. The van der Waals surface area contributed by atoms with E-state index in [-0.39, 0.29) is 23.6 Å². The summed E-state index contributed by atoms with van der Waals surface area (Å²) in [5.74, 6) is -0.203. The highest BCUT2D eigenvalue weighted by molar-refractivity contribution is 6.74. The number of carboxylic acid groups (broad SMARTS) is 1. The molecule has 1 N–H and O–H groups in total. The SMILES string of the molecule is CN(C)C(=O)[C@@]1(C(C)(C)C)C[C@@H](OCCO[Si](C)(C)C(C)(C)C)CN1C(=O)O. The van der Waals surface area contributed by atoms with Crippen LogP contribution in [0.15, 0.2) is 0 Å². The molecule has 7 nitrogen and oxygen atoms in total. The lowest BCUT2D eigenvalue weighted by Gasteiger charge is -2.46. The normalized spacial score (nSPS) is 23.8. The number of carbonyl (C=O) groups excluding carboxylic acids is 1. The summed E-state index contributed by atoms with van der Waals surface area (Å²) in [5, 5.41) is 9.93. The molecule has 0 aliphatic carbocycles. The fourth-order valence-electron chi connectivity index (χ4n) is 3.55. The summed E-state index contributed by atoms with van der Waals surface area (Å²) in [4.78, 5) is 27.8. The van der Waals surface area contributed by atoms with Crippen LogP contribution < -0.4 is 0 Å². The molecule has 2 atom stereocenters. The second-order valence-corrected chi connectivity index (χ2v) is 15.3. The Morgan fingerprint density at radius 1 is 1.14 bits per heavy atom. The Labute approximate surface area is 171 Å². The summed E-state index contributed by atoms with van der Waals surface area (Å²) < 4.78 is 12.1. The molecule has 1 aliphatic heterocycles. The predicted octanol–water partition coefficient (Wildman–Crippen LogP) is 3.65. The summed E-state index contributed by atoms with van der Waals surface area (Å²) >= 11 is 0. The van der Waals surface area contributed by atoms with Crippen molar-refractivity contribution in [2.24, 2.45) is 5.41 Å². The molecule has 0 radical (unpaired) electrons. The van der Waals surface area contributed by atoms with Crippen LogP contribution in [0.2, 0.25) is 18.1 Å². The quantitative estimate of drug-likeness (QED) is 0.528. The van der Waals surface area contributed by atoms with E-state index < -0.39 is 25.4 Å². The molecule has 1 saturated heterocycles. The Hall–Kier alpha value is -1.12. The zero-order valence-corrected chi connectivity index (χ0v) is 20.4. The molecular weight excluding hydrogens is 376 g/mol. The van der Waals surface area contributed by atoms with Crippen LogP contribution in [0.25, 0.3) is 0 Å². The van der Waals surface area contributed by atoms with Crippen molar-refractivity contribution in [2.45, 2.75) is 77.7 Å². The maximum atomic E-state index is 13.1. The number of hydrogen-bond acceptors (Lipinski definition) is 4. The van der Waals surface area contributed by atoms with Gasteiger partial charge in [-0.25, -0.2) is 4.79 Å². The van der Waals surface area contributed by atoms with Gasteiger partial charge < -0.3 is 19.2 Å². The van der Waals surface area contributed by atoms with Crippen molar-refractivity contribution in [1.82, 2.24) is 9.80 Å². The molecule has 164 valence electrons. The van der Waals surface area contributed by atoms with Gasteiger partial charge in [0.25, 0.3) is 0 Å². The summed E-state index contributed by atoms with van der Waals surface area (Å²) in [7, 11) is 1.48. The highest BCUT2D eigenvalue weighted by atomic mass is 28.4. The lowest BCUT2D eigenvalue weighted by molar-refractivity contribution is -0.146. The van der Waals surface area contributed by atoms with Crippen molar-refractivity contribution in [1.29, 1.82) is 0 Å². The maximum Gasteiger partial charge on any atom is 0.408 e. The third-order valence-electron chi connectivity index (χ3n) is 6.31. The van der Waals surface area contributed by atoms with Gasteiger partial charge in [0.2, 0.25) is 5.91 Å². The third kappa shape index (κ3) is 4.89. The van der Waals surface area contributed by atoms with E-state index >= 15 is 0 Å². The number of likely N-dealkylation sites (N-methyl/N-ethyl adjacent to an activating group) is 1. The van der Waals surface area contributed by atoms with Gasteiger partial charge in [-0.3, -0.25) is 9.69 Å². The highest BCUT2D eigenvalue weighted by Gasteiger charge is 2.60. The molecule has 2 amide bonds. The maximum absolute atomic E-state index is 13.1. The lowest BCUT2D eigenvalue weighted by atomic mass is 9.70. The second-order valence-electron chi connectivity index (χ2n) is 10.5. The van der Waals surface area contributed by atoms with Gasteiger partial charge in [0.15, 0.2) is 8.32 Å². The van der Waals surface area contributed by atoms with Gasteiger partial charge in [-0.1, -0.05) is 41.5 Å². The Balaban J connectivity index is 2.91. The number of hydrogen-bond donors (Lipinski definition) is 1. The van der Waals surface area contributed by atoms with E-state index in [1.165, 1.54) is 9.80 Å². The average molecular weight is 417 g/mol. The minimum Gasteiger partial charge on any atom is -0.465 e. The lowest BCUT2D eigenvalue weighted by Crippen LogP contribution is -2.63. The van der Waals surface area contributed by atoms with E-state index in [0.29, 0.717) is 19.6 Å². The third-order valence-corrected chi connectivity index (χ3v) is 10.8. The fraction of sp³-hybridized carbons (Fsp3) is 0.900. The minimum absolute atomic E-state index is 0.125. The van der Waals surface area contributed by atoms with Gasteiger partial charge in [-0.2, -0.15) is 0 Å².